The molecular formula is C18H20O2. The molecule has 2 aromatic carbocycles. The number of rotatable bonds is 3. The van der Waals surface area contributed by atoms with Crippen LogP contribution in [-0.4, -0.2) is 12.2 Å². The second-order valence-corrected chi connectivity index (χ2v) is 5.38. The van der Waals surface area contributed by atoms with E-state index in [-0.39, 0.29) is 0 Å². The Morgan fingerprint density at radius 2 is 1.75 bits per heavy atom. The number of ether oxygens (including phenoxy) is 1. The van der Waals surface area contributed by atoms with Crippen LogP contribution in [0.4, 0.5) is 0 Å². The molecule has 1 unspecified atom stereocenters. The zero-order chi connectivity index (χ0) is 13.9. The summed E-state index contributed by atoms with van der Waals surface area (Å²) in [6.07, 6.45) is 4.20. The Hall–Kier alpha value is -1.80. The van der Waals surface area contributed by atoms with E-state index >= 15 is 0 Å². The van der Waals surface area contributed by atoms with Crippen LogP contribution in [0.25, 0.3) is 0 Å². The van der Waals surface area contributed by atoms with E-state index in [4.69, 9.17) is 4.74 Å². The van der Waals surface area contributed by atoms with Gasteiger partial charge in [-0.25, -0.2) is 0 Å². The molecular weight excluding hydrogens is 248 g/mol. The summed E-state index contributed by atoms with van der Waals surface area (Å²) in [6, 6.07) is 14.0. The van der Waals surface area contributed by atoms with Gasteiger partial charge in [-0.2, -0.15) is 0 Å². The number of benzene rings is 2. The molecule has 0 fully saturated rings. The number of hydrogen-bond acceptors (Lipinski definition) is 2. The lowest BCUT2D eigenvalue weighted by Gasteiger charge is -2.20. The Balaban J connectivity index is 1.96. The lowest BCUT2D eigenvalue weighted by Crippen LogP contribution is -2.07. The third-order valence-electron chi connectivity index (χ3n) is 4.12. The van der Waals surface area contributed by atoms with Crippen molar-refractivity contribution in [3.8, 4) is 5.75 Å². The molecule has 104 valence electrons. The van der Waals surface area contributed by atoms with E-state index in [1.54, 1.807) is 7.11 Å². The average molecular weight is 268 g/mol. The Morgan fingerprint density at radius 1 is 1.00 bits per heavy atom. The van der Waals surface area contributed by atoms with E-state index in [1.165, 1.54) is 30.4 Å². The smallest absolute Gasteiger partial charge is 0.125 e. The molecule has 2 aromatic rings. The van der Waals surface area contributed by atoms with Crippen LogP contribution in [0.3, 0.4) is 0 Å². The van der Waals surface area contributed by atoms with Crippen LogP contribution in [0.2, 0.25) is 0 Å². The van der Waals surface area contributed by atoms with Crippen LogP contribution in [-0.2, 0) is 12.8 Å². The summed E-state index contributed by atoms with van der Waals surface area (Å²) in [5.74, 6) is 0.734. The number of aryl methyl sites for hydroxylation is 2. The van der Waals surface area contributed by atoms with Crippen molar-refractivity contribution in [2.45, 2.75) is 31.8 Å². The van der Waals surface area contributed by atoms with Gasteiger partial charge in [-0.05, 0) is 48.4 Å². The molecule has 1 N–H and O–H groups in total. The van der Waals surface area contributed by atoms with Crippen molar-refractivity contribution in [3.63, 3.8) is 0 Å². The Bertz CT molecular complexity index is 604. The molecule has 1 aliphatic rings. The molecule has 0 radical (unpaired) electrons. The van der Waals surface area contributed by atoms with E-state index in [0.29, 0.717) is 0 Å². The SMILES string of the molecule is COc1ccccc1C(O)c1ccc2c(c1)CCCC2. The molecule has 20 heavy (non-hydrogen) atoms. The summed E-state index contributed by atoms with van der Waals surface area (Å²) in [5, 5.41) is 10.6. The molecule has 0 saturated heterocycles. The van der Waals surface area contributed by atoms with Gasteiger partial charge in [0.05, 0.1) is 7.11 Å². The highest BCUT2D eigenvalue weighted by molar-refractivity contribution is 5.43. The summed E-state index contributed by atoms with van der Waals surface area (Å²) < 4.78 is 5.34. The number of para-hydroxylation sites is 1. The Kier molecular flexibility index (Phi) is 3.75. The fourth-order valence-corrected chi connectivity index (χ4v) is 3.00. The minimum absolute atomic E-state index is 0.627. The standard InChI is InChI=1S/C18H20O2/c1-20-17-9-5-4-8-16(17)18(19)15-11-10-13-6-2-3-7-14(13)12-15/h4-5,8-12,18-19H,2-3,6-7H2,1H3. The number of methoxy groups -OCH3 is 1. The number of hydrogen-bond donors (Lipinski definition) is 1. The van der Waals surface area contributed by atoms with Crippen molar-refractivity contribution in [2.75, 3.05) is 7.11 Å². The maximum Gasteiger partial charge on any atom is 0.125 e. The van der Waals surface area contributed by atoms with Gasteiger partial charge < -0.3 is 9.84 Å². The first kappa shape index (κ1) is 13.2. The third kappa shape index (κ3) is 2.44. The summed E-state index contributed by atoms with van der Waals surface area (Å²) in [7, 11) is 1.64. The second kappa shape index (κ2) is 5.68. The fraction of sp³-hybridized carbons (Fsp3) is 0.333. The van der Waals surface area contributed by atoms with Crippen LogP contribution in [0.5, 0.6) is 5.75 Å². The highest BCUT2D eigenvalue weighted by atomic mass is 16.5. The lowest BCUT2D eigenvalue weighted by molar-refractivity contribution is 0.214. The molecule has 1 aliphatic carbocycles. The molecule has 0 aliphatic heterocycles. The summed E-state index contributed by atoms with van der Waals surface area (Å²) in [6.45, 7) is 0. The first-order chi connectivity index (χ1) is 9.79. The largest absolute Gasteiger partial charge is 0.496 e. The predicted molar refractivity (Wildman–Crippen MR) is 80.1 cm³/mol. The molecule has 1 atom stereocenters. The lowest BCUT2D eigenvalue weighted by atomic mass is 9.88. The molecule has 0 bridgehead atoms. The number of aliphatic hydroxyl groups excluding tert-OH is 1. The monoisotopic (exact) mass is 268 g/mol. The van der Waals surface area contributed by atoms with Crippen LogP contribution in [0.1, 0.15) is 41.2 Å². The summed E-state index contributed by atoms with van der Waals surface area (Å²) in [4.78, 5) is 0. The van der Waals surface area contributed by atoms with Gasteiger partial charge in [0.2, 0.25) is 0 Å². The number of fused-ring (bicyclic) bond motifs is 1. The van der Waals surface area contributed by atoms with Gasteiger partial charge in [0.25, 0.3) is 0 Å². The minimum atomic E-state index is -0.627. The first-order valence-electron chi connectivity index (χ1n) is 7.22. The van der Waals surface area contributed by atoms with Crippen molar-refractivity contribution >= 4 is 0 Å². The highest BCUT2D eigenvalue weighted by Crippen LogP contribution is 2.32. The third-order valence-corrected chi connectivity index (χ3v) is 4.12. The predicted octanol–water partition coefficient (Wildman–Crippen LogP) is 3.66. The average Bonchev–Trinajstić information content (AvgIpc) is 2.53. The van der Waals surface area contributed by atoms with Gasteiger partial charge in [0.1, 0.15) is 11.9 Å². The van der Waals surface area contributed by atoms with E-state index < -0.39 is 6.10 Å². The van der Waals surface area contributed by atoms with E-state index in [9.17, 15) is 5.11 Å². The maximum atomic E-state index is 10.6. The van der Waals surface area contributed by atoms with E-state index in [2.05, 4.69) is 12.1 Å². The quantitative estimate of drug-likeness (QED) is 0.920. The van der Waals surface area contributed by atoms with Crippen LogP contribution >= 0.6 is 0 Å². The zero-order valence-corrected chi connectivity index (χ0v) is 11.8. The molecule has 0 amide bonds. The number of aliphatic hydroxyl groups is 1. The van der Waals surface area contributed by atoms with Gasteiger partial charge in [0, 0.05) is 5.56 Å². The molecule has 2 heteroatoms. The van der Waals surface area contributed by atoms with E-state index in [1.807, 2.05) is 30.3 Å². The topological polar surface area (TPSA) is 29.5 Å². The van der Waals surface area contributed by atoms with Crippen LogP contribution < -0.4 is 4.74 Å². The van der Waals surface area contributed by atoms with Gasteiger partial charge in [-0.1, -0.05) is 36.4 Å². The zero-order valence-electron chi connectivity index (χ0n) is 11.8. The fourth-order valence-electron chi connectivity index (χ4n) is 3.00. The Morgan fingerprint density at radius 3 is 2.55 bits per heavy atom. The van der Waals surface area contributed by atoms with Gasteiger partial charge in [-0.3, -0.25) is 0 Å². The van der Waals surface area contributed by atoms with E-state index in [0.717, 1.165) is 23.3 Å². The van der Waals surface area contributed by atoms with Crippen molar-refractivity contribution in [2.24, 2.45) is 0 Å². The first-order valence-corrected chi connectivity index (χ1v) is 7.22. The molecule has 0 heterocycles. The van der Waals surface area contributed by atoms with Crippen LogP contribution in [0, 0.1) is 0 Å². The van der Waals surface area contributed by atoms with Crippen molar-refractivity contribution in [3.05, 3.63) is 64.7 Å². The molecule has 0 aromatic heterocycles. The molecule has 2 nitrogen and oxygen atoms in total. The molecule has 0 spiro atoms. The molecule has 3 rings (SSSR count). The van der Waals surface area contributed by atoms with Crippen LogP contribution in [0.15, 0.2) is 42.5 Å². The van der Waals surface area contributed by atoms with Gasteiger partial charge in [-0.15, -0.1) is 0 Å². The highest BCUT2D eigenvalue weighted by Gasteiger charge is 2.17. The Labute approximate surface area is 120 Å². The van der Waals surface area contributed by atoms with Crippen molar-refractivity contribution in [1.29, 1.82) is 0 Å². The van der Waals surface area contributed by atoms with Gasteiger partial charge in [0.15, 0.2) is 0 Å². The summed E-state index contributed by atoms with van der Waals surface area (Å²) >= 11 is 0. The minimum Gasteiger partial charge on any atom is -0.496 e. The maximum absolute atomic E-state index is 10.6. The molecule has 0 saturated carbocycles. The van der Waals surface area contributed by atoms with Crippen molar-refractivity contribution in [1.82, 2.24) is 0 Å². The van der Waals surface area contributed by atoms with Gasteiger partial charge >= 0.3 is 0 Å². The normalized spacial score (nSPS) is 15.5. The van der Waals surface area contributed by atoms with Crippen molar-refractivity contribution < 1.29 is 9.84 Å². The summed E-state index contributed by atoms with van der Waals surface area (Å²) in [5.41, 5.74) is 4.61. The second-order valence-electron chi connectivity index (χ2n) is 5.38.